The fraction of sp³-hybridized carbons (Fsp3) is 0.167. The van der Waals surface area contributed by atoms with E-state index in [9.17, 15) is 12.8 Å². The number of rotatable bonds is 5. The Kier molecular flexibility index (Phi) is 4.18. The van der Waals surface area contributed by atoms with Crippen LogP contribution in [0.4, 0.5) is 10.1 Å². The van der Waals surface area contributed by atoms with Crippen molar-refractivity contribution in [1.29, 1.82) is 0 Å². The molecule has 0 saturated carbocycles. The van der Waals surface area contributed by atoms with Gasteiger partial charge in [-0.3, -0.25) is 4.72 Å². The molecule has 4 nitrogen and oxygen atoms in total. The third-order valence-corrected chi connectivity index (χ3v) is 4.83. The molecule has 1 aromatic carbocycles. The summed E-state index contributed by atoms with van der Waals surface area (Å²) in [4.78, 5) is 1.15. The van der Waals surface area contributed by atoms with Gasteiger partial charge >= 0.3 is 0 Å². The Morgan fingerprint density at radius 3 is 2.58 bits per heavy atom. The molecule has 19 heavy (non-hydrogen) atoms. The molecule has 7 heteroatoms. The van der Waals surface area contributed by atoms with E-state index in [4.69, 9.17) is 0 Å². The Labute approximate surface area is 115 Å². The van der Waals surface area contributed by atoms with Crippen LogP contribution in [-0.4, -0.2) is 15.5 Å². The van der Waals surface area contributed by atoms with Gasteiger partial charge in [-0.2, -0.15) is 0 Å². The van der Waals surface area contributed by atoms with Crippen LogP contribution in [0.1, 0.15) is 4.88 Å². The van der Waals surface area contributed by atoms with E-state index >= 15 is 0 Å². The van der Waals surface area contributed by atoms with Crippen molar-refractivity contribution < 1.29 is 12.8 Å². The molecule has 1 aromatic heterocycles. The van der Waals surface area contributed by atoms with E-state index in [1.54, 1.807) is 18.5 Å². The van der Waals surface area contributed by atoms with Gasteiger partial charge in [0.2, 0.25) is 0 Å². The van der Waals surface area contributed by atoms with E-state index in [-0.39, 0.29) is 4.90 Å². The summed E-state index contributed by atoms with van der Waals surface area (Å²) in [7, 11) is -1.82. The fourth-order valence-electron chi connectivity index (χ4n) is 1.50. The lowest BCUT2D eigenvalue weighted by molar-refractivity contribution is 0.601. The maximum absolute atomic E-state index is 12.7. The first-order valence-electron chi connectivity index (χ1n) is 5.51. The van der Waals surface area contributed by atoms with Crippen molar-refractivity contribution in [2.24, 2.45) is 0 Å². The number of hydrogen-bond acceptors (Lipinski definition) is 4. The molecule has 0 aliphatic carbocycles. The number of benzene rings is 1. The van der Waals surface area contributed by atoms with E-state index in [1.165, 1.54) is 35.6 Å². The molecule has 2 N–H and O–H groups in total. The van der Waals surface area contributed by atoms with Gasteiger partial charge in [-0.15, -0.1) is 11.3 Å². The van der Waals surface area contributed by atoms with Gasteiger partial charge in [-0.1, -0.05) is 0 Å². The minimum absolute atomic E-state index is 0.215. The summed E-state index contributed by atoms with van der Waals surface area (Å²) in [6, 6.07) is 6.80. The maximum Gasteiger partial charge on any atom is 0.262 e. The molecular weight excluding hydrogens is 287 g/mol. The van der Waals surface area contributed by atoms with Gasteiger partial charge in [-0.25, -0.2) is 12.8 Å². The smallest absolute Gasteiger partial charge is 0.262 e. The molecule has 0 unspecified atom stereocenters. The van der Waals surface area contributed by atoms with Crippen LogP contribution < -0.4 is 10.0 Å². The zero-order valence-electron chi connectivity index (χ0n) is 10.2. The van der Waals surface area contributed by atoms with Gasteiger partial charge in [-0.05, 0) is 37.4 Å². The van der Waals surface area contributed by atoms with E-state index in [2.05, 4.69) is 10.0 Å². The number of anilines is 1. The molecular formula is C12H13FN2O2S2. The molecule has 2 aromatic rings. The topological polar surface area (TPSA) is 58.2 Å². The van der Waals surface area contributed by atoms with Crippen LogP contribution in [0.5, 0.6) is 0 Å². The lowest BCUT2D eigenvalue weighted by Gasteiger charge is -2.05. The van der Waals surface area contributed by atoms with Crippen molar-refractivity contribution in [2.75, 3.05) is 11.8 Å². The highest BCUT2D eigenvalue weighted by atomic mass is 32.2. The third-order valence-electron chi connectivity index (χ3n) is 2.39. The minimum atomic E-state index is -3.61. The normalized spacial score (nSPS) is 11.5. The molecule has 1 heterocycles. The van der Waals surface area contributed by atoms with Gasteiger partial charge in [0.1, 0.15) is 5.82 Å². The number of thiophene rings is 1. The average molecular weight is 300 g/mol. The van der Waals surface area contributed by atoms with Crippen LogP contribution in [-0.2, 0) is 16.6 Å². The summed E-state index contributed by atoms with van der Waals surface area (Å²) in [5.41, 5.74) is 0.336. The minimum Gasteiger partial charge on any atom is -0.315 e. The van der Waals surface area contributed by atoms with Crippen LogP contribution in [0.2, 0.25) is 0 Å². The van der Waals surface area contributed by atoms with E-state index in [1.807, 2.05) is 0 Å². The predicted octanol–water partition coefficient (Wildman–Crippen LogP) is 2.41. The highest BCUT2D eigenvalue weighted by Gasteiger charge is 2.16. The van der Waals surface area contributed by atoms with Crippen molar-refractivity contribution in [3.8, 4) is 0 Å². The van der Waals surface area contributed by atoms with E-state index in [0.717, 1.165) is 4.88 Å². The Hall–Kier alpha value is -1.44. The molecule has 0 amide bonds. The number of sulfonamides is 1. The predicted molar refractivity (Wildman–Crippen MR) is 74.3 cm³/mol. The molecule has 2 rings (SSSR count). The molecule has 0 aliphatic heterocycles. The van der Waals surface area contributed by atoms with Crippen LogP contribution in [0.3, 0.4) is 0 Å². The van der Waals surface area contributed by atoms with Gasteiger partial charge < -0.3 is 5.32 Å². The first-order valence-corrected chi connectivity index (χ1v) is 7.88. The van der Waals surface area contributed by atoms with Crippen LogP contribution in [0.25, 0.3) is 0 Å². The number of hydrogen-bond donors (Lipinski definition) is 2. The lowest BCUT2D eigenvalue weighted by Crippen LogP contribution is -2.12. The van der Waals surface area contributed by atoms with Gasteiger partial charge in [0.25, 0.3) is 10.0 Å². The highest BCUT2D eigenvalue weighted by Crippen LogP contribution is 2.22. The summed E-state index contributed by atoms with van der Waals surface area (Å²) in [5, 5.41) is 4.54. The van der Waals surface area contributed by atoms with Crippen LogP contribution in [0.15, 0.2) is 40.6 Å². The summed E-state index contributed by atoms with van der Waals surface area (Å²) >= 11 is 1.37. The van der Waals surface area contributed by atoms with Gasteiger partial charge in [0.15, 0.2) is 0 Å². The van der Waals surface area contributed by atoms with Gasteiger partial charge in [0, 0.05) is 22.5 Å². The summed E-state index contributed by atoms with van der Waals surface area (Å²) < 4.78 is 39.3. The Bertz CT molecular complexity index is 651. The monoisotopic (exact) mass is 300 g/mol. The van der Waals surface area contributed by atoms with Crippen molar-refractivity contribution >= 4 is 27.0 Å². The molecule has 0 saturated heterocycles. The quantitative estimate of drug-likeness (QED) is 0.891. The zero-order chi connectivity index (χ0) is 13.9. The molecule has 0 fully saturated rings. The molecule has 0 bridgehead atoms. The van der Waals surface area contributed by atoms with E-state index < -0.39 is 15.8 Å². The first-order chi connectivity index (χ1) is 9.01. The Morgan fingerprint density at radius 2 is 1.95 bits per heavy atom. The molecule has 0 spiro atoms. The third kappa shape index (κ3) is 3.52. The molecule has 0 aliphatic rings. The van der Waals surface area contributed by atoms with Crippen LogP contribution in [0, 0.1) is 5.82 Å². The Morgan fingerprint density at radius 1 is 1.26 bits per heavy atom. The molecule has 0 radical (unpaired) electrons. The maximum atomic E-state index is 12.7. The average Bonchev–Trinajstić information content (AvgIpc) is 2.82. The largest absolute Gasteiger partial charge is 0.315 e. The highest BCUT2D eigenvalue weighted by molar-refractivity contribution is 7.92. The summed E-state index contributed by atoms with van der Waals surface area (Å²) in [6.45, 7) is 0.622. The van der Waals surface area contributed by atoms with Crippen molar-refractivity contribution in [1.82, 2.24) is 5.32 Å². The van der Waals surface area contributed by atoms with Gasteiger partial charge in [0.05, 0.1) is 4.90 Å². The Balaban J connectivity index is 2.19. The molecule has 0 atom stereocenters. The van der Waals surface area contributed by atoms with Crippen molar-refractivity contribution in [2.45, 2.75) is 11.4 Å². The second-order valence-corrected chi connectivity index (χ2v) is 6.57. The first kappa shape index (κ1) is 14.0. The SMILES string of the molecule is CNCc1cc(S(=O)(=O)Nc2ccc(F)cc2)cs1. The fourth-order valence-corrected chi connectivity index (χ4v) is 3.85. The lowest BCUT2D eigenvalue weighted by atomic mass is 10.3. The zero-order valence-corrected chi connectivity index (χ0v) is 11.8. The number of nitrogens with one attached hydrogen (secondary N) is 2. The van der Waals surface area contributed by atoms with Crippen molar-refractivity contribution in [3.05, 3.63) is 46.4 Å². The number of halogens is 1. The van der Waals surface area contributed by atoms with Crippen molar-refractivity contribution in [3.63, 3.8) is 0 Å². The summed E-state index contributed by atoms with van der Waals surface area (Å²) in [5.74, 6) is -0.408. The van der Waals surface area contributed by atoms with Crippen LogP contribution >= 0.6 is 11.3 Å². The second kappa shape index (κ2) is 5.68. The molecule has 102 valence electrons. The second-order valence-electron chi connectivity index (χ2n) is 3.89. The standard InChI is InChI=1S/C12H13FN2O2S2/c1-14-7-11-6-12(8-18-11)19(16,17)15-10-4-2-9(13)3-5-10/h2-6,8,14-15H,7H2,1H3. The summed E-state index contributed by atoms with van der Waals surface area (Å²) in [6.07, 6.45) is 0. The van der Waals surface area contributed by atoms with E-state index in [0.29, 0.717) is 12.2 Å².